The molecule has 7 nitrogen and oxygen atoms in total. The Morgan fingerprint density at radius 2 is 2.31 bits per heavy atom. The molecular weight excluding hydrogens is 212 g/mol. The third-order valence-corrected chi connectivity index (χ3v) is 2.65. The molecule has 0 unspecified atom stereocenters. The van der Waals surface area contributed by atoms with Gasteiger partial charge >= 0.3 is 5.82 Å². The van der Waals surface area contributed by atoms with Crippen LogP contribution in [0.3, 0.4) is 0 Å². The molecule has 0 amide bonds. The number of nitrogens with zero attached hydrogens (tertiary/aromatic N) is 3. The van der Waals surface area contributed by atoms with Crippen molar-refractivity contribution in [2.75, 3.05) is 18.5 Å². The van der Waals surface area contributed by atoms with Crippen LogP contribution in [0.25, 0.3) is 0 Å². The lowest BCUT2D eigenvalue weighted by Gasteiger charge is -2.23. The van der Waals surface area contributed by atoms with E-state index in [0.717, 1.165) is 12.8 Å². The molecule has 1 aromatic rings. The van der Waals surface area contributed by atoms with Crippen molar-refractivity contribution in [2.45, 2.75) is 18.9 Å². The van der Waals surface area contributed by atoms with Gasteiger partial charge in [0.25, 0.3) is 0 Å². The third-order valence-electron chi connectivity index (χ3n) is 2.65. The monoisotopic (exact) mass is 226 g/mol. The number of ether oxygens (including phenoxy) is 1. The van der Waals surface area contributed by atoms with E-state index in [2.05, 4.69) is 10.3 Å². The molecule has 1 N–H and O–H groups in total. The second-order valence-corrected chi connectivity index (χ2v) is 3.82. The molecule has 0 aromatic carbocycles. The normalized spacial score (nSPS) is 17.3. The zero-order valence-corrected chi connectivity index (χ0v) is 9.05. The fourth-order valence-corrected chi connectivity index (χ4v) is 1.75. The Balaban J connectivity index is 2.12. The van der Waals surface area contributed by atoms with Gasteiger partial charge in [-0.3, -0.25) is 4.57 Å². The zero-order valence-electron chi connectivity index (χ0n) is 9.05. The first-order chi connectivity index (χ1) is 7.68. The third kappa shape index (κ3) is 2.13. The molecule has 0 spiro atoms. The predicted molar refractivity (Wildman–Crippen MR) is 57.3 cm³/mol. The fraction of sp³-hybridized carbons (Fsp3) is 0.667. The summed E-state index contributed by atoms with van der Waals surface area (Å²) < 4.78 is 6.86. The Bertz CT molecular complexity index is 384. The van der Waals surface area contributed by atoms with Gasteiger partial charge in [0, 0.05) is 26.3 Å². The molecule has 88 valence electrons. The van der Waals surface area contributed by atoms with Gasteiger partial charge in [0.1, 0.15) is 0 Å². The maximum atomic E-state index is 10.7. The molecule has 1 fully saturated rings. The van der Waals surface area contributed by atoms with Crippen LogP contribution < -0.4 is 5.32 Å². The van der Waals surface area contributed by atoms with Crippen LogP contribution in [-0.2, 0) is 11.8 Å². The topological polar surface area (TPSA) is 82.2 Å². The van der Waals surface area contributed by atoms with Crippen LogP contribution in [0, 0.1) is 10.1 Å². The summed E-state index contributed by atoms with van der Waals surface area (Å²) in [4.78, 5) is 14.0. The van der Waals surface area contributed by atoms with Crippen LogP contribution in [0.2, 0.25) is 0 Å². The quantitative estimate of drug-likeness (QED) is 0.612. The Morgan fingerprint density at radius 1 is 1.62 bits per heavy atom. The lowest BCUT2D eigenvalue weighted by Crippen LogP contribution is -2.28. The second kappa shape index (κ2) is 4.48. The SMILES string of the molecule is Cn1cnc([N+](=O)[O-])c1NC1CCOCC1. The zero-order chi connectivity index (χ0) is 11.5. The lowest BCUT2D eigenvalue weighted by atomic mass is 10.1. The standard InChI is InChI=1S/C9H14N4O3/c1-12-6-10-8(13(14)15)9(12)11-7-2-4-16-5-3-7/h6-7,11H,2-5H2,1H3. The van der Waals surface area contributed by atoms with Crippen molar-refractivity contribution in [2.24, 2.45) is 7.05 Å². The second-order valence-electron chi connectivity index (χ2n) is 3.82. The van der Waals surface area contributed by atoms with Gasteiger partial charge < -0.3 is 20.2 Å². The Hall–Kier alpha value is -1.63. The van der Waals surface area contributed by atoms with E-state index in [9.17, 15) is 10.1 Å². The molecule has 1 saturated heterocycles. The number of nitrogens with one attached hydrogen (secondary N) is 1. The van der Waals surface area contributed by atoms with Gasteiger partial charge in [-0.1, -0.05) is 0 Å². The molecule has 1 aromatic heterocycles. The molecule has 16 heavy (non-hydrogen) atoms. The highest BCUT2D eigenvalue weighted by Gasteiger charge is 2.23. The van der Waals surface area contributed by atoms with Crippen molar-refractivity contribution in [1.82, 2.24) is 9.55 Å². The first-order valence-corrected chi connectivity index (χ1v) is 5.18. The van der Waals surface area contributed by atoms with Crippen LogP contribution in [0.1, 0.15) is 12.8 Å². The van der Waals surface area contributed by atoms with E-state index in [1.165, 1.54) is 6.33 Å². The van der Waals surface area contributed by atoms with Gasteiger partial charge in [0.2, 0.25) is 12.1 Å². The van der Waals surface area contributed by atoms with Gasteiger partial charge in [0.05, 0.1) is 0 Å². The number of rotatable bonds is 3. The fourth-order valence-electron chi connectivity index (χ4n) is 1.75. The van der Waals surface area contributed by atoms with E-state index < -0.39 is 4.92 Å². The van der Waals surface area contributed by atoms with Crippen LogP contribution >= 0.6 is 0 Å². The predicted octanol–water partition coefficient (Wildman–Crippen LogP) is 0.919. The minimum Gasteiger partial charge on any atom is -0.381 e. The average molecular weight is 226 g/mol. The van der Waals surface area contributed by atoms with E-state index in [4.69, 9.17) is 4.74 Å². The van der Waals surface area contributed by atoms with Crippen molar-refractivity contribution in [3.8, 4) is 0 Å². The molecule has 2 heterocycles. The summed E-state index contributed by atoms with van der Waals surface area (Å²) in [6.07, 6.45) is 3.17. The highest BCUT2D eigenvalue weighted by molar-refractivity contribution is 5.52. The average Bonchev–Trinajstić information content (AvgIpc) is 2.62. The number of hydrogen-bond acceptors (Lipinski definition) is 5. The Kier molecular flexibility index (Phi) is 3.04. The number of hydrogen-bond donors (Lipinski definition) is 1. The summed E-state index contributed by atoms with van der Waals surface area (Å²) in [6, 6.07) is 0.225. The van der Waals surface area contributed by atoms with Crippen LogP contribution in [0.4, 0.5) is 11.6 Å². The van der Waals surface area contributed by atoms with Gasteiger partial charge in [-0.05, 0) is 22.7 Å². The summed E-state index contributed by atoms with van der Waals surface area (Å²) in [5.74, 6) is 0.353. The van der Waals surface area contributed by atoms with E-state index >= 15 is 0 Å². The molecule has 1 aliphatic heterocycles. The molecule has 0 atom stereocenters. The van der Waals surface area contributed by atoms with Gasteiger partial charge in [0.15, 0.2) is 0 Å². The molecule has 0 radical (unpaired) electrons. The smallest absolute Gasteiger partial charge is 0.381 e. The van der Waals surface area contributed by atoms with E-state index in [1.54, 1.807) is 11.6 Å². The van der Waals surface area contributed by atoms with Crippen LogP contribution in [0.15, 0.2) is 6.33 Å². The summed E-state index contributed by atoms with van der Waals surface area (Å²) >= 11 is 0. The van der Waals surface area contributed by atoms with Crippen molar-refractivity contribution in [3.05, 3.63) is 16.4 Å². The van der Waals surface area contributed by atoms with Gasteiger partial charge in [-0.25, -0.2) is 0 Å². The first kappa shape index (κ1) is 10.9. The van der Waals surface area contributed by atoms with Crippen molar-refractivity contribution >= 4 is 11.6 Å². The van der Waals surface area contributed by atoms with Crippen molar-refractivity contribution < 1.29 is 9.66 Å². The van der Waals surface area contributed by atoms with Crippen LogP contribution in [0.5, 0.6) is 0 Å². The molecule has 2 rings (SSSR count). The molecule has 0 saturated carbocycles. The summed E-state index contributed by atoms with van der Waals surface area (Å²) in [5.41, 5.74) is 0. The first-order valence-electron chi connectivity index (χ1n) is 5.18. The summed E-state index contributed by atoms with van der Waals surface area (Å²) in [5, 5.41) is 13.9. The summed E-state index contributed by atoms with van der Waals surface area (Å²) in [6.45, 7) is 1.40. The largest absolute Gasteiger partial charge is 0.406 e. The molecule has 7 heteroatoms. The van der Waals surface area contributed by atoms with E-state index in [0.29, 0.717) is 19.0 Å². The van der Waals surface area contributed by atoms with E-state index in [-0.39, 0.29) is 11.9 Å². The lowest BCUT2D eigenvalue weighted by molar-refractivity contribution is -0.388. The van der Waals surface area contributed by atoms with Gasteiger partial charge in [-0.2, -0.15) is 0 Å². The van der Waals surface area contributed by atoms with Gasteiger partial charge in [-0.15, -0.1) is 0 Å². The summed E-state index contributed by atoms with van der Waals surface area (Å²) in [7, 11) is 1.74. The highest BCUT2D eigenvalue weighted by atomic mass is 16.6. The highest BCUT2D eigenvalue weighted by Crippen LogP contribution is 2.23. The Labute approximate surface area is 92.6 Å². The number of nitro groups is 1. The maximum absolute atomic E-state index is 10.7. The number of aryl methyl sites for hydroxylation is 1. The van der Waals surface area contributed by atoms with E-state index in [1.807, 2.05) is 0 Å². The number of imidazole rings is 1. The molecule has 0 aliphatic carbocycles. The molecular formula is C9H14N4O3. The molecule has 1 aliphatic rings. The Morgan fingerprint density at radius 3 is 2.94 bits per heavy atom. The van der Waals surface area contributed by atoms with Crippen molar-refractivity contribution in [3.63, 3.8) is 0 Å². The number of aromatic nitrogens is 2. The minimum absolute atomic E-state index is 0.117. The molecule has 0 bridgehead atoms. The maximum Gasteiger partial charge on any atom is 0.406 e. The van der Waals surface area contributed by atoms with Crippen LogP contribution in [-0.4, -0.2) is 33.7 Å². The minimum atomic E-state index is -0.471. The number of anilines is 1. The van der Waals surface area contributed by atoms with Crippen molar-refractivity contribution in [1.29, 1.82) is 0 Å².